The van der Waals surface area contributed by atoms with Gasteiger partial charge in [0.2, 0.25) is 0 Å². The van der Waals surface area contributed by atoms with Crippen LogP contribution in [0, 0.1) is 0 Å². The molecule has 5 heteroatoms. The predicted octanol–water partition coefficient (Wildman–Crippen LogP) is 3.22. The molecule has 5 nitrogen and oxygen atoms in total. The van der Waals surface area contributed by atoms with Crippen molar-refractivity contribution in [2.45, 2.75) is 64.2 Å². The van der Waals surface area contributed by atoms with E-state index in [1.807, 2.05) is 0 Å². The number of rotatable bonds is 5. The Kier molecular flexibility index (Phi) is 13.9. The molecule has 0 spiro atoms. The summed E-state index contributed by atoms with van der Waals surface area (Å²) in [6.45, 7) is 0. The van der Waals surface area contributed by atoms with Crippen LogP contribution in [0.5, 0.6) is 0 Å². The Balaban J connectivity index is 0. The minimum atomic E-state index is -0.870. The summed E-state index contributed by atoms with van der Waals surface area (Å²) in [5.41, 5.74) is 0. The third-order valence-corrected chi connectivity index (χ3v) is 2.53. The molecule has 1 rings (SSSR count). The second-order valence-corrected chi connectivity index (χ2v) is 4.12. The molecule has 0 amide bonds. The zero-order valence-electron chi connectivity index (χ0n) is 10.5. The van der Waals surface area contributed by atoms with E-state index in [9.17, 15) is 9.59 Å². The second kappa shape index (κ2) is 13.0. The fourth-order valence-corrected chi connectivity index (χ4v) is 1.61. The molecule has 0 aromatic heterocycles. The number of unbranched alkanes of at least 4 members (excludes halogenated alkanes) is 1. The van der Waals surface area contributed by atoms with Gasteiger partial charge in [0.15, 0.2) is 0 Å². The highest BCUT2D eigenvalue weighted by Crippen LogP contribution is 2.15. The quantitative estimate of drug-likeness (QED) is 0.646. The average Bonchev–Trinajstić information content (AvgIpc) is 2.27. The van der Waals surface area contributed by atoms with E-state index < -0.39 is 11.9 Å². The van der Waals surface area contributed by atoms with Crippen molar-refractivity contribution in [2.24, 2.45) is 0 Å². The topological polar surface area (TPSA) is 110 Å². The maximum atomic E-state index is 9.90. The summed E-state index contributed by atoms with van der Waals surface area (Å²) in [6, 6.07) is 0. The molecule has 1 fully saturated rings. The largest absolute Gasteiger partial charge is 0.481 e. The van der Waals surface area contributed by atoms with Gasteiger partial charge in [0.25, 0.3) is 0 Å². The molecule has 0 heterocycles. The maximum Gasteiger partial charge on any atom is 0.303 e. The minimum absolute atomic E-state index is 0. The van der Waals surface area contributed by atoms with Gasteiger partial charge >= 0.3 is 11.9 Å². The Morgan fingerprint density at radius 2 is 0.941 bits per heavy atom. The van der Waals surface area contributed by atoms with Crippen molar-refractivity contribution < 1.29 is 19.8 Å². The van der Waals surface area contributed by atoms with Crippen molar-refractivity contribution in [3.8, 4) is 0 Å². The number of hydrogen-bond acceptors (Lipinski definition) is 3. The van der Waals surface area contributed by atoms with Gasteiger partial charge in [-0.05, 0) is 12.8 Å². The lowest BCUT2D eigenvalue weighted by molar-refractivity contribution is -0.139. The molecule has 0 aliphatic heterocycles. The standard InChI is InChI=1S/C6H10O4.C6H12.H3N/c7-5(8)3-1-2-4-6(9)10;1-2-4-6-5-3-1;/h1-4H2,(H,7,8)(H,9,10);1-6H2;1H3. The van der Waals surface area contributed by atoms with Crippen LogP contribution >= 0.6 is 0 Å². The van der Waals surface area contributed by atoms with Gasteiger partial charge in [-0.3, -0.25) is 9.59 Å². The van der Waals surface area contributed by atoms with Gasteiger partial charge in [0, 0.05) is 12.8 Å². The van der Waals surface area contributed by atoms with Gasteiger partial charge in [-0.2, -0.15) is 0 Å². The Morgan fingerprint density at radius 3 is 1.12 bits per heavy atom. The number of carbonyl (C=O) groups is 2. The molecule has 17 heavy (non-hydrogen) atoms. The fourth-order valence-electron chi connectivity index (χ4n) is 1.61. The highest BCUT2D eigenvalue weighted by molar-refractivity contribution is 5.67. The molecule has 1 saturated carbocycles. The van der Waals surface area contributed by atoms with Crippen molar-refractivity contribution in [3.05, 3.63) is 0 Å². The van der Waals surface area contributed by atoms with Crippen LogP contribution < -0.4 is 6.15 Å². The lowest BCUT2D eigenvalue weighted by atomic mass is 10.0. The lowest BCUT2D eigenvalue weighted by Crippen LogP contribution is -1.97. The van der Waals surface area contributed by atoms with E-state index >= 15 is 0 Å². The molecule has 0 aromatic rings. The number of carboxylic acid groups (broad SMARTS) is 2. The molecular formula is C12H25NO4. The van der Waals surface area contributed by atoms with E-state index in [0.29, 0.717) is 12.8 Å². The molecule has 1 aliphatic rings. The monoisotopic (exact) mass is 247 g/mol. The van der Waals surface area contributed by atoms with Gasteiger partial charge in [-0.1, -0.05) is 38.5 Å². The van der Waals surface area contributed by atoms with Crippen LogP contribution in [0.3, 0.4) is 0 Å². The summed E-state index contributed by atoms with van der Waals surface area (Å²) in [7, 11) is 0. The van der Waals surface area contributed by atoms with Crippen LogP contribution in [0.15, 0.2) is 0 Å². The SMILES string of the molecule is C1CCCCC1.N.O=C(O)CCCCC(=O)O. The number of aliphatic carboxylic acids is 2. The first kappa shape index (κ1) is 18.3. The zero-order valence-corrected chi connectivity index (χ0v) is 10.5. The van der Waals surface area contributed by atoms with Crippen LogP contribution in [0.2, 0.25) is 0 Å². The van der Waals surface area contributed by atoms with Crippen LogP contribution in [-0.4, -0.2) is 22.2 Å². The Labute approximate surface area is 103 Å². The van der Waals surface area contributed by atoms with Gasteiger partial charge in [0.05, 0.1) is 0 Å². The molecule has 1 aliphatic carbocycles. The molecule has 0 atom stereocenters. The number of carboxylic acids is 2. The minimum Gasteiger partial charge on any atom is -0.481 e. The molecule has 0 unspecified atom stereocenters. The maximum absolute atomic E-state index is 9.90. The first-order valence-corrected chi connectivity index (χ1v) is 6.06. The summed E-state index contributed by atoms with van der Waals surface area (Å²) in [5.74, 6) is -1.74. The summed E-state index contributed by atoms with van der Waals surface area (Å²) in [4.78, 5) is 19.8. The van der Waals surface area contributed by atoms with E-state index in [1.165, 1.54) is 38.5 Å². The van der Waals surface area contributed by atoms with Gasteiger partial charge in [-0.25, -0.2) is 0 Å². The van der Waals surface area contributed by atoms with Crippen LogP contribution in [-0.2, 0) is 9.59 Å². The summed E-state index contributed by atoms with van der Waals surface area (Å²) >= 11 is 0. The van der Waals surface area contributed by atoms with Crippen molar-refractivity contribution >= 4 is 11.9 Å². The summed E-state index contributed by atoms with van der Waals surface area (Å²) < 4.78 is 0. The normalized spacial score (nSPS) is 13.9. The van der Waals surface area contributed by atoms with E-state index in [4.69, 9.17) is 10.2 Å². The smallest absolute Gasteiger partial charge is 0.303 e. The molecule has 0 bridgehead atoms. The van der Waals surface area contributed by atoms with Crippen LogP contribution in [0.25, 0.3) is 0 Å². The third-order valence-electron chi connectivity index (χ3n) is 2.53. The van der Waals surface area contributed by atoms with Crippen molar-refractivity contribution in [1.82, 2.24) is 6.15 Å². The highest BCUT2D eigenvalue weighted by Gasteiger charge is 1.99. The molecule has 0 saturated heterocycles. The molecular weight excluding hydrogens is 222 g/mol. The summed E-state index contributed by atoms with van der Waals surface area (Å²) in [6.07, 6.45) is 10.0. The fraction of sp³-hybridized carbons (Fsp3) is 0.833. The van der Waals surface area contributed by atoms with Crippen LogP contribution in [0.4, 0.5) is 0 Å². The van der Waals surface area contributed by atoms with Gasteiger partial charge < -0.3 is 16.4 Å². The summed E-state index contributed by atoms with van der Waals surface area (Å²) in [5, 5.41) is 16.3. The van der Waals surface area contributed by atoms with Gasteiger partial charge in [-0.15, -0.1) is 0 Å². The third kappa shape index (κ3) is 17.5. The zero-order chi connectivity index (χ0) is 12.2. The van der Waals surface area contributed by atoms with Crippen molar-refractivity contribution in [2.75, 3.05) is 0 Å². The Morgan fingerprint density at radius 1 is 0.706 bits per heavy atom. The van der Waals surface area contributed by atoms with Crippen LogP contribution in [0.1, 0.15) is 64.2 Å². The van der Waals surface area contributed by atoms with Crippen molar-refractivity contribution in [1.29, 1.82) is 0 Å². The van der Waals surface area contributed by atoms with E-state index in [2.05, 4.69) is 0 Å². The molecule has 102 valence electrons. The molecule has 5 N–H and O–H groups in total. The first-order valence-electron chi connectivity index (χ1n) is 6.06. The van der Waals surface area contributed by atoms with Gasteiger partial charge in [0.1, 0.15) is 0 Å². The Hall–Kier alpha value is -1.10. The first-order chi connectivity index (χ1) is 7.63. The predicted molar refractivity (Wildman–Crippen MR) is 66.5 cm³/mol. The molecule has 0 aromatic carbocycles. The Bertz CT molecular complexity index is 175. The van der Waals surface area contributed by atoms with Crippen molar-refractivity contribution in [3.63, 3.8) is 0 Å². The molecule has 0 radical (unpaired) electrons. The number of hydrogen-bond donors (Lipinski definition) is 3. The average molecular weight is 247 g/mol. The van der Waals surface area contributed by atoms with E-state index in [-0.39, 0.29) is 19.0 Å². The van der Waals surface area contributed by atoms with E-state index in [1.54, 1.807) is 0 Å². The highest BCUT2D eigenvalue weighted by atomic mass is 16.4. The lowest BCUT2D eigenvalue weighted by Gasteiger charge is -2.05. The second-order valence-electron chi connectivity index (χ2n) is 4.12. The van der Waals surface area contributed by atoms with E-state index in [0.717, 1.165) is 0 Å².